The smallest absolute Gasteiger partial charge is 0.319 e. The van der Waals surface area contributed by atoms with Crippen molar-refractivity contribution in [1.29, 1.82) is 0 Å². The highest BCUT2D eigenvalue weighted by atomic mass is 19.3. The minimum atomic E-state index is -3.30. The summed E-state index contributed by atoms with van der Waals surface area (Å²) in [6.45, 7) is 2.49. The van der Waals surface area contributed by atoms with E-state index in [4.69, 9.17) is 0 Å². The van der Waals surface area contributed by atoms with Gasteiger partial charge in [-0.1, -0.05) is 73.2 Å². The van der Waals surface area contributed by atoms with Gasteiger partial charge in [-0.15, -0.1) is 0 Å². The van der Waals surface area contributed by atoms with Crippen LogP contribution in [0, 0.1) is 0 Å². The van der Waals surface area contributed by atoms with Crippen LogP contribution in [0.15, 0.2) is 78.9 Å². The first kappa shape index (κ1) is 28.7. The van der Waals surface area contributed by atoms with E-state index in [-0.39, 0.29) is 12.1 Å². The second-order valence-electron chi connectivity index (χ2n) is 10.7. The highest BCUT2D eigenvalue weighted by molar-refractivity contribution is 6.00. The van der Waals surface area contributed by atoms with E-state index in [1.54, 1.807) is 0 Å². The van der Waals surface area contributed by atoms with Gasteiger partial charge in [-0.25, -0.2) is 18.0 Å². The Morgan fingerprint density at radius 3 is 2.02 bits per heavy atom. The monoisotopic (exact) mass is 564 g/mol. The summed E-state index contributed by atoms with van der Waals surface area (Å²) in [4.78, 5) is 28.3. The molecule has 6 nitrogen and oxygen atoms in total. The Hall–Kier alpha value is -3.85. The van der Waals surface area contributed by atoms with Crippen LogP contribution in [-0.4, -0.2) is 55.2 Å². The molecule has 0 radical (unpaired) electrons. The Kier molecular flexibility index (Phi) is 8.93. The highest BCUT2D eigenvalue weighted by Crippen LogP contribution is 2.51. The lowest BCUT2D eigenvalue weighted by Crippen LogP contribution is -2.49. The van der Waals surface area contributed by atoms with Crippen molar-refractivity contribution in [2.45, 2.75) is 56.3 Å². The van der Waals surface area contributed by atoms with Gasteiger partial charge in [0.05, 0.1) is 0 Å². The van der Waals surface area contributed by atoms with Gasteiger partial charge in [-0.3, -0.25) is 4.79 Å². The standard InChI is InChI=1S/C32H35F3N4O2/c33-28(34)29(35)38-30(40)32(26-14-6-4-12-24(26)25-13-5-7-15-27(25)32)18-8-9-19-39-20-16-23(17-21-39)37-31(41)36-22-10-2-1-3-11-22/h1-7,10-15,23,28-29H,8-9,16-21H2,(H,38,40)(H2,36,37,41). The number of piperidine rings is 1. The number of unbranched alkanes of at least 4 members (excludes halogenated alkanes) is 1. The molecule has 3 aromatic carbocycles. The Balaban J connectivity index is 1.19. The van der Waals surface area contributed by atoms with Crippen LogP contribution in [0.4, 0.5) is 23.7 Å². The summed E-state index contributed by atoms with van der Waals surface area (Å²) in [5.74, 6) is -0.733. The van der Waals surface area contributed by atoms with Gasteiger partial charge in [0.2, 0.25) is 12.2 Å². The average Bonchev–Trinajstić information content (AvgIpc) is 3.27. The number of carbonyl (C=O) groups is 2. The number of benzene rings is 3. The maximum Gasteiger partial charge on any atom is 0.319 e. The molecule has 1 saturated heterocycles. The molecule has 1 atom stereocenters. The fraction of sp³-hybridized carbons (Fsp3) is 0.375. The van der Waals surface area contributed by atoms with Crippen LogP contribution in [0.5, 0.6) is 0 Å². The molecular weight excluding hydrogens is 529 g/mol. The van der Waals surface area contributed by atoms with Crippen LogP contribution in [0.1, 0.15) is 43.2 Å². The van der Waals surface area contributed by atoms with Crippen molar-refractivity contribution in [3.63, 3.8) is 0 Å². The first-order valence-corrected chi connectivity index (χ1v) is 14.2. The van der Waals surface area contributed by atoms with Crippen LogP contribution in [0.3, 0.4) is 0 Å². The van der Waals surface area contributed by atoms with Gasteiger partial charge < -0.3 is 20.9 Å². The largest absolute Gasteiger partial charge is 0.335 e. The summed E-state index contributed by atoms with van der Waals surface area (Å²) in [6.07, 6.45) is -2.55. The molecule has 1 fully saturated rings. The molecule has 0 spiro atoms. The predicted molar refractivity (Wildman–Crippen MR) is 154 cm³/mol. The van der Waals surface area contributed by atoms with E-state index in [0.29, 0.717) is 12.8 Å². The van der Waals surface area contributed by atoms with Crippen molar-refractivity contribution in [2.24, 2.45) is 0 Å². The molecule has 1 unspecified atom stereocenters. The first-order valence-electron chi connectivity index (χ1n) is 14.2. The van der Waals surface area contributed by atoms with Gasteiger partial charge >= 0.3 is 6.03 Å². The third-order valence-corrected chi connectivity index (χ3v) is 8.17. The van der Waals surface area contributed by atoms with E-state index < -0.39 is 24.0 Å². The van der Waals surface area contributed by atoms with E-state index in [1.807, 2.05) is 84.2 Å². The fourth-order valence-electron chi connectivity index (χ4n) is 6.16. The number of alkyl halides is 3. The molecule has 41 heavy (non-hydrogen) atoms. The number of urea groups is 1. The Morgan fingerprint density at radius 2 is 1.41 bits per heavy atom. The Labute approximate surface area is 238 Å². The number of amides is 3. The molecular formula is C32H35F3N4O2. The van der Waals surface area contributed by atoms with Gasteiger partial charge in [0.1, 0.15) is 5.41 Å². The molecule has 3 amide bonds. The van der Waals surface area contributed by atoms with Crippen molar-refractivity contribution < 1.29 is 22.8 Å². The third kappa shape index (κ3) is 6.25. The maximum atomic E-state index is 14.1. The summed E-state index contributed by atoms with van der Waals surface area (Å²) >= 11 is 0. The molecule has 9 heteroatoms. The summed E-state index contributed by atoms with van der Waals surface area (Å²) in [7, 11) is 0. The number of para-hydroxylation sites is 1. The van der Waals surface area contributed by atoms with Crippen molar-refractivity contribution in [1.82, 2.24) is 15.5 Å². The van der Waals surface area contributed by atoms with E-state index in [2.05, 4.69) is 15.5 Å². The lowest BCUT2D eigenvalue weighted by molar-refractivity contribution is -0.129. The SMILES string of the molecule is O=C(Nc1ccccc1)NC1CCN(CCCCC2(C(=O)NC(F)C(F)F)c3ccccc3-c3ccccc32)CC1. The Bertz CT molecular complexity index is 1300. The molecule has 216 valence electrons. The van der Waals surface area contributed by atoms with Gasteiger partial charge in [0, 0.05) is 24.8 Å². The number of nitrogens with one attached hydrogen (secondary N) is 3. The normalized spacial score (nSPS) is 17.0. The number of anilines is 1. The number of halogens is 3. The number of nitrogens with zero attached hydrogens (tertiary/aromatic N) is 1. The second-order valence-corrected chi connectivity index (χ2v) is 10.7. The minimum absolute atomic E-state index is 0.0944. The molecule has 0 aromatic heterocycles. The maximum absolute atomic E-state index is 14.1. The lowest BCUT2D eigenvalue weighted by atomic mass is 9.73. The van der Waals surface area contributed by atoms with Crippen LogP contribution >= 0.6 is 0 Å². The number of rotatable bonds is 10. The van der Waals surface area contributed by atoms with Crippen LogP contribution in [0.2, 0.25) is 0 Å². The summed E-state index contributed by atoms with van der Waals surface area (Å²) in [6, 6.07) is 24.1. The zero-order valence-corrected chi connectivity index (χ0v) is 22.8. The molecule has 2 aliphatic rings. The van der Waals surface area contributed by atoms with Crippen molar-refractivity contribution in [3.05, 3.63) is 90.0 Å². The predicted octanol–water partition coefficient (Wildman–Crippen LogP) is 6.09. The number of fused-ring (bicyclic) bond motifs is 3. The minimum Gasteiger partial charge on any atom is -0.335 e. The van der Waals surface area contributed by atoms with Gasteiger partial charge in [0.15, 0.2) is 0 Å². The van der Waals surface area contributed by atoms with Crippen molar-refractivity contribution >= 4 is 17.6 Å². The highest BCUT2D eigenvalue weighted by Gasteiger charge is 2.49. The van der Waals surface area contributed by atoms with E-state index >= 15 is 0 Å². The summed E-state index contributed by atoms with van der Waals surface area (Å²) in [5, 5.41) is 7.86. The Morgan fingerprint density at radius 1 is 0.829 bits per heavy atom. The lowest BCUT2D eigenvalue weighted by Gasteiger charge is -2.33. The van der Waals surface area contributed by atoms with Crippen LogP contribution in [0.25, 0.3) is 11.1 Å². The molecule has 0 bridgehead atoms. The average molecular weight is 565 g/mol. The third-order valence-electron chi connectivity index (χ3n) is 8.17. The topological polar surface area (TPSA) is 73.5 Å². The molecule has 5 rings (SSSR count). The molecule has 3 aromatic rings. The zero-order chi connectivity index (χ0) is 28.8. The van der Waals surface area contributed by atoms with Gasteiger partial charge in [-0.2, -0.15) is 0 Å². The molecule has 3 N–H and O–H groups in total. The number of hydrogen-bond donors (Lipinski definition) is 3. The van der Waals surface area contributed by atoms with E-state index in [9.17, 15) is 22.8 Å². The van der Waals surface area contributed by atoms with E-state index in [1.165, 1.54) is 0 Å². The summed E-state index contributed by atoms with van der Waals surface area (Å²) in [5.41, 5.74) is 2.70. The zero-order valence-electron chi connectivity index (χ0n) is 22.8. The van der Waals surface area contributed by atoms with Crippen molar-refractivity contribution in [2.75, 3.05) is 25.0 Å². The molecule has 0 saturated carbocycles. The van der Waals surface area contributed by atoms with Gasteiger partial charge in [-0.05, 0) is 66.6 Å². The number of hydrogen-bond acceptors (Lipinski definition) is 3. The van der Waals surface area contributed by atoms with Gasteiger partial charge in [0.25, 0.3) is 6.43 Å². The first-order chi connectivity index (χ1) is 19.9. The molecule has 1 heterocycles. The number of likely N-dealkylation sites (tertiary alicyclic amines) is 1. The van der Waals surface area contributed by atoms with Crippen molar-refractivity contribution in [3.8, 4) is 11.1 Å². The van der Waals surface area contributed by atoms with Crippen LogP contribution in [-0.2, 0) is 10.2 Å². The molecule has 1 aliphatic heterocycles. The second kappa shape index (κ2) is 12.8. The van der Waals surface area contributed by atoms with E-state index in [0.717, 1.165) is 66.8 Å². The van der Waals surface area contributed by atoms with Crippen LogP contribution < -0.4 is 16.0 Å². The fourth-order valence-corrected chi connectivity index (χ4v) is 6.16. The summed E-state index contributed by atoms with van der Waals surface area (Å²) < 4.78 is 40.2. The number of carbonyl (C=O) groups excluding carboxylic acids is 2. The quantitative estimate of drug-likeness (QED) is 0.206. The molecule has 1 aliphatic carbocycles.